The van der Waals surface area contributed by atoms with E-state index in [4.69, 9.17) is 0 Å². The summed E-state index contributed by atoms with van der Waals surface area (Å²) >= 11 is 0. The lowest BCUT2D eigenvalue weighted by Crippen LogP contribution is -2.40. The first-order chi connectivity index (χ1) is 10.1. The van der Waals surface area contributed by atoms with Crippen molar-refractivity contribution < 1.29 is 4.79 Å². The summed E-state index contributed by atoms with van der Waals surface area (Å²) in [5, 5.41) is 6.32. The molecule has 0 spiro atoms. The van der Waals surface area contributed by atoms with Crippen LogP contribution in [0.1, 0.15) is 39.7 Å². The van der Waals surface area contributed by atoms with E-state index in [2.05, 4.69) is 53.6 Å². The van der Waals surface area contributed by atoms with Gasteiger partial charge < -0.3 is 15.5 Å². The number of anilines is 1. The first-order valence-electron chi connectivity index (χ1n) is 7.90. The monoisotopic (exact) mass is 291 g/mol. The minimum Gasteiger partial charge on any atom is -0.363 e. The van der Waals surface area contributed by atoms with Crippen molar-refractivity contribution in [2.75, 3.05) is 24.5 Å². The largest absolute Gasteiger partial charge is 0.363 e. The summed E-state index contributed by atoms with van der Waals surface area (Å²) in [7, 11) is 0. The van der Waals surface area contributed by atoms with Crippen molar-refractivity contribution in [3.05, 3.63) is 29.8 Å². The Kier molecular flexibility index (Phi) is 7.83. The normalized spacial score (nSPS) is 10.7. The van der Waals surface area contributed by atoms with Gasteiger partial charge in [0.15, 0.2) is 0 Å². The molecule has 1 amide bonds. The smallest absolute Gasteiger partial charge is 0.239 e. The van der Waals surface area contributed by atoms with Crippen LogP contribution in [-0.4, -0.2) is 31.6 Å². The molecule has 118 valence electrons. The van der Waals surface area contributed by atoms with Crippen LogP contribution in [0.2, 0.25) is 0 Å². The van der Waals surface area contributed by atoms with Crippen molar-refractivity contribution in [1.82, 2.24) is 10.6 Å². The third-order valence-corrected chi connectivity index (χ3v) is 3.22. The van der Waals surface area contributed by atoms with Crippen LogP contribution in [0, 0.1) is 0 Å². The Bertz CT molecular complexity index is 415. The Morgan fingerprint density at radius 2 is 1.86 bits per heavy atom. The van der Waals surface area contributed by atoms with Crippen molar-refractivity contribution in [2.24, 2.45) is 0 Å². The second kappa shape index (κ2) is 9.40. The van der Waals surface area contributed by atoms with E-state index in [1.807, 2.05) is 13.8 Å². The summed E-state index contributed by atoms with van der Waals surface area (Å²) in [4.78, 5) is 14.0. The Labute approximate surface area is 128 Å². The summed E-state index contributed by atoms with van der Waals surface area (Å²) in [5.41, 5.74) is 2.37. The summed E-state index contributed by atoms with van der Waals surface area (Å²) in [6.07, 6.45) is 1.15. The van der Waals surface area contributed by atoms with E-state index in [9.17, 15) is 4.79 Å². The highest BCUT2D eigenvalue weighted by Crippen LogP contribution is 2.15. The molecule has 0 heterocycles. The molecular weight excluding hydrogens is 262 g/mol. The van der Waals surface area contributed by atoms with E-state index in [0.29, 0.717) is 6.54 Å². The molecule has 2 N–H and O–H groups in total. The summed E-state index contributed by atoms with van der Waals surface area (Å²) in [6, 6.07) is 8.62. The highest BCUT2D eigenvalue weighted by Gasteiger charge is 2.10. The second-order valence-electron chi connectivity index (χ2n) is 5.58. The molecule has 0 aromatic heterocycles. The Hall–Kier alpha value is -1.55. The number of hydrogen-bond donors (Lipinski definition) is 2. The molecule has 1 aromatic carbocycles. The number of nitrogens with zero attached hydrogens (tertiary/aromatic N) is 1. The molecule has 0 saturated carbocycles. The molecule has 0 fully saturated rings. The third-order valence-electron chi connectivity index (χ3n) is 3.22. The zero-order valence-electron chi connectivity index (χ0n) is 13.8. The van der Waals surface area contributed by atoms with Crippen LogP contribution in [0.15, 0.2) is 24.3 Å². The first kappa shape index (κ1) is 17.5. The molecule has 21 heavy (non-hydrogen) atoms. The summed E-state index contributed by atoms with van der Waals surface area (Å²) < 4.78 is 0. The number of benzene rings is 1. The van der Waals surface area contributed by atoms with Crippen molar-refractivity contribution in [1.29, 1.82) is 0 Å². The molecule has 1 rings (SSSR count). The van der Waals surface area contributed by atoms with Crippen molar-refractivity contribution in [3.8, 4) is 0 Å². The van der Waals surface area contributed by atoms with Gasteiger partial charge in [0.1, 0.15) is 0 Å². The number of hydrogen-bond acceptors (Lipinski definition) is 3. The molecular formula is C17H29N3O. The maximum Gasteiger partial charge on any atom is 0.239 e. The highest BCUT2D eigenvalue weighted by atomic mass is 16.2. The lowest BCUT2D eigenvalue weighted by molar-refractivity contribution is -0.120. The minimum absolute atomic E-state index is 0.0699. The number of likely N-dealkylation sites (N-methyl/N-ethyl adjacent to an activating group) is 1. The van der Waals surface area contributed by atoms with Gasteiger partial charge >= 0.3 is 0 Å². The fraction of sp³-hybridized carbons (Fsp3) is 0.588. The lowest BCUT2D eigenvalue weighted by Gasteiger charge is -2.23. The van der Waals surface area contributed by atoms with Gasteiger partial charge in [0.2, 0.25) is 5.91 Å². The average molecular weight is 291 g/mol. The highest BCUT2D eigenvalue weighted by molar-refractivity contribution is 5.81. The zero-order valence-corrected chi connectivity index (χ0v) is 13.8. The lowest BCUT2D eigenvalue weighted by atomic mass is 10.2. The Morgan fingerprint density at radius 3 is 2.38 bits per heavy atom. The quantitative estimate of drug-likeness (QED) is 0.687. The Morgan fingerprint density at radius 1 is 1.19 bits per heavy atom. The van der Waals surface area contributed by atoms with Gasteiger partial charge in [-0.05, 0) is 51.4 Å². The zero-order chi connectivity index (χ0) is 15.7. The van der Waals surface area contributed by atoms with Gasteiger partial charge in [-0.3, -0.25) is 4.79 Å². The topological polar surface area (TPSA) is 44.4 Å². The van der Waals surface area contributed by atoms with E-state index >= 15 is 0 Å². The van der Waals surface area contributed by atoms with Crippen LogP contribution in [0.3, 0.4) is 0 Å². The van der Waals surface area contributed by atoms with Crippen LogP contribution in [0.25, 0.3) is 0 Å². The van der Waals surface area contributed by atoms with E-state index in [0.717, 1.165) is 31.7 Å². The molecule has 4 nitrogen and oxygen atoms in total. The average Bonchev–Trinajstić information content (AvgIpc) is 2.45. The van der Waals surface area contributed by atoms with Crippen molar-refractivity contribution >= 4 is 11.6 Å². The van der Waals surface area contributed by atoms with Crippen LogP contribution < -0.4 is 15.5 Å². The van der Waals surface area contributed by atoms with E-state index < -0.39 is 0 Å². The summed E-state index contributed by atoms with van der Waals surface area (Å²) in [5.74, 6) is 0.0699. The van der Waals surface area contributed by atoms with Crippen LogP contribution in [0.5, 0.6) is 0 Å². The molecule has 0 aliphatic rings. The number of nitrogens with one attached hydrogen (secondary N) is 2. The molecule has 0 atom stereocenters. The molecule has 0 bridgehead atoms. The van der Waals surface area contributed by atoms with Gasteiger partial charge in [0, 0.05) is 24.8 Å². The van der Waals surface area contributed by atoms with Gasteiger partial charge in [-0.25, -0.2) is 0 Å². The van der Waals surface area contributed by atoms with Crippen LogP contribution in [0.4, 0.5) is 5.69 Å². The second-order valence-corrected chi connectivity index (χ2v) is 5.58. The number of carbonyl (C=O) groups is 1. The molecule has 0 radical (unpaired) electrons. The predicted octanol–water partition coefficient (Wildman–Crippen LogP) is 2.54. The van der Waals surface area contributed by atoms with Gasteiger partial charge in [0.25, 0.3) is 0 Å². The molecule has 0 saturated heterocycles. The minimum atomic E-state index is 0.0699. The number of rotatable bonds is 9. The number of carbonyl (C=O) groups excluding carboxylic acids is 1. The fourth-order valence-corrected chi connectivity index (χ4v) is 2.16. The van der Waals surface area contributed by atoms with Gasteiger partial charge in [-0.1, -0.05) is 19.1 Å². The Balaban J connectivity index is 2.58. The van der Waals surface area contributed by atoms with Crippen molar-refractivity contribution in [3.63, 3.8) is 0 Å². The maximum absolute atomic E-state index is 11.9. The number of amides is 1. The molecule has 1 aromatic rings. The maximum atomic E-state index is 11.9. The van der Waals surface area contributed by atoms with E-state index in [1.54, 1.807) is 0 Å². The SMILES string of the molecule is CCCNCc1ccc(N(CC)CC(=O)NC(C)C)cc1. The molecule has 4 heteroatoms. The standard InChI is InChI=1S/C17H29N3O/c1-5-11-18-12-15-7-9-16(10-8-15)20(6-2)13-17(21)19-14(3)4/h7-10,14,18H,5-6,11-13H2,1-4H3,(H,19,21). The van der Waals surface area contributed by atoms with Crippen LogP contribution in [-0.2, 0) is 11.3 Å². The molecule has 0 aliphatic heterocycles. The predicted molar refractivity (Wildman–Crippen MR) is 89.6 cm³/mol. The molecule has 0 unspecified atom stereocenters. The van der Waals surface area contributed by atoms with E-state index in [1.165, 1.54) is 5.56 Å². The van der Waals surface area contributed by atoms with E-state index in [-0.39, 0.29) is 11.9 Å². The summed E-state index contributed by atoms with van der Waals surface area (Å²) in [6.45, 7) is 11.3. The molecule has 0 aliphatic carbocycles. The van der Waals surface area contributed by atoms with Gasteiger partial charge in [-0.2, -0.15) is 0 Å². The third kappa shape index (κ3) is 6.63. The van der Waals surface area contributed by atoms with Crippen molar-refractivity contribution in [2.45, 2.75) is 46.7 Å². The van der Waals surface area contributed by atoms with Gasteiger partial charge in [0.05, 0.1) is 6.54 Å². The fourth-order valence-electron chi connectivity index (χ4n) is 2.16. The van der Waals surface area contributed by atoms with Gasteiger partial charge in [-0.15, -0.1) is 0 Å². The first-order valence-corrected chi connectivity index (χ1v) is 7.90. The van der Waals surface area contributed by atoms with Crippen LogP contribution >= 0.6 is 0 Å².